The van der Waals surface area contributed by atoms with Crippen molar-refractivity contribution >= 4 is 11.6 Å². The van der Waals surface area contributed by atoms with Crippen LogP contribution in [-0.2, 0) is 4.74 Å². The molecule has 0 bridgehead atoms. The molecule has 16 heavy (non-hydrogen) atoms. The Morgan fingerprint density at radius 3 is 2.94 bits per heavy atom. The normalized spacial score (nSPS) is 22.1. The fourth-order valence-corrected chi connectivity index (χ4v) is 2.29. The molecule has 1 aromatic rings. The first-order chi connectivity index (χ1) is 7.72. The number of rotatable bonds is 3. The van der Waals surface area contributed by atoms with Gasteiger partial charge in [0.25, 0.3) is 0 Å². The molecule has 0 radical (unpaired) electrons. The van der Waals surface area contributed by atoms with Gasteiger partial charge in [-0.05, 0) is 30.5 Å². The highest BCUT2D eigenvalue weighted by Crippen LogP contribution is 2.31. The number of benzene rings is 1. The van der Waals surface area contributed by atoms with Crippen molar-refractivity contribution in [3.05, 3.63) is 28.8 Å². The summed E-state index contributed by atoms with van der Waals surface area (Å²) in [5, 5.41) is 0.641. The molecule has 0 saturated carbocycles. The fourth-order valence-electron chi connectivity index (χ4n) is 1.99. The first kappa shape index (κ1) is 11.7. The van der Waals surface area contributed by atoms with Crippen LogP contribution in [0.4, 0.5) is 0 Å². The molecule has 3 nitrogen and oxygen atoms in total. The molecule has 88 valence electrons. The van der Waals surface area contributed by atoms with Crippen LogP contribution in [0.3, 0.4) is 0 Å². The van der Waals surface area contributed by atoms with Gasteiger partial charge in [0.05, 0.1) is 19.3 Å². The van der Waals surface area contributed by atoms with E-state index in [1.54, 1.807) is 13.2 Å². The molecule has 2 atom stereocenters. The summed E-state index contributed by atoms with van der Waals surface area (Å²) in [4.78, 5) is 0. The standard InChI is InChI=1S/C12H16ClNO2/c1-15-8-4-5-9(10(13)7-8)12(14)11-3-2-6-16-11/h4-5,7,11-12H,2-3,6,14H2,1H3. The molecule has 0 amide bonds. The molecule has 1 heterocycles. The minimum Gasteiger partial charge on any atom is -0.497 e. The van der Waals surface area contributed by atoms with Gasteiger partial charge in [-0.2, -0.15) is 0 Å². The Labute approximate surface area is 100 Å². The Balaban J connectivity index is 2.19. The Kier molecular flexibility index (Phi) is 3.69. The smallest absolute Gasteiger partial charge is 0.120 e. The van der Waals surface area contributed by atoms with E-state index in [1.807, 2.05) is 12.1 Å². The van der Waals surface area contributed by atoms with Crippen LogP contribution < -0.4 is 10.5 Å². The van der Waals surface area contributed by atoms with Gasteiger partial charge in [0.15, 0.2) is 0 Å². The van der Waals surface area contributed by atoms with Crippen LogP contribution >= 0.6 is 11.6 Å². The number of ether oxygens (including phenoxy) is 2. The van der Waals surface area contributed by atoms with Gasteiger partial charge in [-0.15, -0.1) is 0 Å². The number of hydrogen-bond donors (Lipinski definition) is 1. The number of nitrogens with two attached hydrogens (primary N) is 1. The Morgan fingerprint density at radius 1 is 1.56 bits per heavy atom. The van der Waals surface area contributed by atoms with Crippen molar-refractivity contribution in [1.29, 1.82) is 0 Å². The molecule has 2 rings (SSSR count). The van der Waals surface area contributed by atoms with Crippen LogP contribution in [0.2, 0.25) is 5.02 Å². The highest BCUT2D eigenvalue weighted by molar-refractivity contribution is 6.31. The van der Waals surface area contributed by atoms with Crippen LogP contribution in [0.25, 0.3) is 0 Å². The quantitative estimate of drug-likeness (QED) is 0.885. The van der Waals surface area contributed by atoms with E-state index in [-0.39, 0.29) is 12.1 Å². The predicted octanol–water partition coefficient (Wildman–Crippen LogP) is 2.53. The van der Waals surface area contributed by atoms with Gasteiger partial charge in [0, 0.05) is 11.6 Å². The molecule has 0 aromatic heterocycles. The SMILES string of the molecule is COc1ccc(C(N)C2CCCO2)c(Cl)c1. The molecule has 1 fully saturated rings. The van der Waals surface area contributed by atoms with Crippen LogP contribution in [-0.4, -0.2) is 19.8 Å². The highest BCUT2D eigenvalue weighted by atomic mass is 35.5. The second-order valence-corrected chi connectivity index (χ2v) is 4.37. The minimum atomic E-state index is -0.152. The zero-order chi connectivity index (χ0) is 11.5. The third-order valence-electron chi connectivity index (χ3n) is 2.93. The molecule has 0 aliphatic carbocycles. The van der Waals surface area contributed by atoms with E-state index < -0.39 is 0 Å². The summed E-state index contributed by atoms with van der Waals surface area (Å²) < 4.78 is 10.7. The summed E-state index contributed by atoms with van der Waals surface area (Å²) in [5.41, 5.74) is 7.07. The maximum Gasteiger partial charge on any atom is 0.120 e. The Morgan fingerprint density at radius 2 is 2.38 bits per heavy atom. The van der Waals surface area contributed by atoms with E-state index in [0.29, 0.717) is 5.02 Å². The van der Waals surface area contributed by atoms with Crippen molar-refractivity contribution in [1.82, 2.24) is 0 Å². The van der Waals surface area contributed by atoms with Crippen molar-refractivity contribution in [3.63, 3.8) is 0 Å². The van der Waals surface area contributed by atoms with Gasteiger partial charge in [0.1, 0.15) is 5.75 Å². The molecule has 1 aliphatic heterocycles. The molecule has 1 saturated heterocycles. The van der Waals surface area contributed by atoms with Crippen LogP contribution in [0.1, 0.15) is 24.4 Å². The molecule has 2 N–H and O–H groups in total. The highest BCUT2D eigenvalue weighted by Gasteiger charge is 2.25. The molecule has 4 heteroatoms. The van der Waals surface area contributed by atoms with Crippen molar-refractivity contribution < 1.29 is 9.47 Å². The molecule has 1 aliphatic rings. The number of halogens is 1. The lowest BCUT2D eigenvalue weighted by Gasteiger charge is -2.20. The van der Waals surface area contributed by atoms with Crippen LogP contribution in [0.15, 0.2) is 18.2 Å². The molecule has 2 unspecified atom stereocenters. The largest absolute Gasteiger partial charge is 0.497 e. The van der Waals surface area contributed by atoms with Gasteiger partial charge in [-0.1, -0.05) is 17.7 Å². The van der Waals surface area contributed by atoms with Gasteiger partial charge >= 0.3 is 0 Å². The van der Waals surface area contributed by atoms with Crippen molar-refractivity contribution in [2.45, 2.75) is 25.0 Å². The fraction of sp³-hybridized carbons (Fsp3) is 0.500. The summed E-state index contributed by atoms with van der Waals surface area (Å²) in [6.07, 6.45) is 2.17. The average molecular weight is 242 g/mol. The van der Waals surface area contributed by atoms with E-state index in [0.717, 1.165) is 30.8 Å². The zero-order valence-corrected chi connectivity index (χ0v) is 10.0. The first-order valence-corrected chi connectivity index (χ1v) is 5.81. The van der Waals surface area contributed by atoms with Crippen molar-refractivity contribution in [2.75, 3.05) is 13.7 Å². The van der Waals surface area contributed by atoms with Gasteiger partial charge in [-0.25, -0.2) is 0 Å². The summed E-state index contributed by atoms with van der Waals surface area (Å²) in [5.74, 6) is 0.744. The van der Waals surface area contributed by atoms with Crippen molar-refractivity contribution in [2.24, 2.45) is 5.73 Å². The lowest BCUT2D eigenvalue weighted by molar-refractivity contribution is 0.0900. The van der Waals surface area contributed by atoms with Crippen LogP contribution in [0.5, 0.6) is 5.75 Å². The third kappa shape index (κ3) is 2.32. The molecular formula is C12H16ClNO2. The molecule has 1 aromatic carbocycles. The summed E-state index contributed by atoms with van der Waals surface area (Å²) >= 11 is 6.17. The topological polar surface area (TPSA) is 44.5 Å². The average Bonchev–Trinajstić information content (AvgIpc) is 2.81. The second kappa shape index (κ2) is 5.04. The third-order valence-corrected chi connectivity index (χ3v) is 3.26. The molecular weight excluding hydrogens is 226 g/mol. The van der Waals surface area contributed by atoms with Gasteiger partial charge < -0.3 is 15.2 Å². The van der Waals surface area contributed by atoms with E-state index in [1.165, 1.54) is 0 Å². The predicted molar refractivity (Wildman–Crippen MR) is 63.9 cm³/mol. The number of methoxy groups -OCH3 is 1. The Bertz CT molecular complexity index is 364. The first-order valence-electron chi connectivity index (χ1n) is 5.43. The monoisotopic (exact) mass is 241 g/mol. The second-order valence-electron chi connectivity index (χ2n) is 3.96. The van der Waals surface area contributed by atoms with Crippen LogP contribution in [0, 0.1) is 0 Å². The lowest BCUT2D eigenvalue weighted by Crippen LogP contribution is -2.25. The molecule has 0 spiro atoms. The lowest BCUT2D eigenvalue weighted by atomic mass is 10.0. The zero-order valence-electron chi connectivity index (χ0n) is 9.28. The van der Waals surface area contributed by atoms with E-state index in [9.17, 15) is 0 Å². The maximum absolute atomic E-state index is 6.17. The summed E-state index contributed by atoms with van der Waals surface area (Å²) in [7, 11) is 1.62. The van der Waals surface area contributed by atoms with E-state index in [4.69, 9.17) is 26.8 Å². The maximum atomic E-state index is 6.17. The minimum absolute atomic E-state index is 0.0888. The Hall–Kier alpha value is -0.770. The van der Waals surface area contributed by atoms with Gasteiger partial charge in [0.2, 0.25) is 0 Å². The summed E-state index contributed by atoms with van der Waals surface area (Å²) in [6, 6.07) is 5.41. The van der Waals surface area contributed by atoms with E-state index in [2.05, 4.69) is 0 Å². The summed E-state index contributed by atoms with van der Waals surface area (Å²) in [6.45, 7) is 0.798. The van der Waals surface area contributed by atoms with E-state index >= 15 is 0 Å². The number of hydrogen-bond acceptors (Lipinski definition) is 3. The van der Waals surface area contributed by atoms with Gasteiger partial charge in [-0.3, -0.25) is 0 Å². The van der Waals surface area contributed by atoms with Crippen molar-refractivity contribution in [3.8, 4) is 5.75 Å².